The highest BCUT2D eigenvalue weighted by atomic mass is 28.2. The van der Waals surface area contributed by atoms with Crippen molar-refractivity contribution in [2.45, 2.75) is 6.92 Å². The van der Waals surface area contributed by atoms with Crippen LogP contribution in [0.1, 0.15) is 6.92 Å². The van der Waals surface area contributed by atoms with Gasteiger partial charge in [0.1, 0.15) is 0 Å². The maximum atomic E-state index is 9.85. The lowest BCUT2D eigenvalue weighted by molar-refractivity contribution is 0.00487. The number of rotatable bonds is 1. The zero-order chi connectivity index (χ0) is 7.70. The van der Waals surface area contributed by atoms with Gasteiger partial charge in [0.25, 0.3) is 0 Å². The number of halogens is 1. The van der Waals surface area contributed by atoms with Gasteiger partial charge in [-0.05, 0) is 6.92 Å². The summed E-state index contributed by atoms with van der Waals surface area (Å²) in [6.45, 7) is 2.06. The molecule has 0 atom stereocenters. The third-order valence-electron chi connectivity index (χ3n) is 0.287. The molecule has 0 saturated heterocycles. The molecule has 0 aromatic heterocycles. The molecule has 0 aliphatic heterocycles. The molecule has 2 N–H and O–H groups in total. The van der Waals surface area contributed by atoms with E-state index in [4.69, 9.17) is 0 Å². The Labute approximate surface area is 55.6 Å². The SMILES string of the molecule is CCOC(N)=O.FO[SiH3]. The van der Waals surface area contributed by atoms with E-state index in [0.717, 1.165) is 0 Å². The number of hydrogen-bond donors (Lipinski definition) is 1. The highest BCUT2D eigenvalue weighted by Gasteiger charge is 1.82. The summed E-state index contributed by atoms with van der Waals surface area (Å²) in [6, 6.07) is 0. The van der Waals surface area contributed by atoms with Crippen LogP contribution in [0.4, 0.5) is 9.32 Å². The van der Waals surface area contributed by atoms with E-state index in [1.165, 1.54) is 0 Å². The Balaban J connectivity index is 0. The molecule has 1 amide bonds. The fourth-order valence-corrected chi connectivity index (χ4v) is 0.142. The number of carbonyl (C=O) groups is 1. The number of nitrogens with two attached hydrogens (primary N) is 1. The van der Waals surface area contributed by atoms with Crippen molar-refractivity contribution in [2.24, 2.45) is 5.73 Å². The maximum absolute atomic E-state index is 9.85. The second-order valence-electron chi connectivity index (χ2n) is 0.906. The minimum Gasteiger partial charge on any atom is -0.450 e. The molecule has 0 saturated carbocycles. The van der Waals surface area contributed by atoms with Gasteiger partial charge in [-0.25, -0.2) is 4.79 Å². The van der Waals surface area contributed by atoms with E-state index < -0.39 is 6.09 Å². The van der Waals surface area contributed by atoms with Crippen molar-refractivity contribution in [3.8, 4) is 0 Å². The van der Waals surface area contributed by atoms with Crippen LogP contribution < -0.4 is 5.73 Å². The molecule has 0 rings (SSSR count). The summed E-state index contributed by atoms with van der Waals surface area (Å²) < 4.78 is 16.9. The average Bonchev–Trinajstić information content (AvgIpc) is 1.67. The van der Waals surface area contributed by atoms with Gasteiger partial charge < -0.3 is 10.5 Å². The molecular weight excluding hydrogens is 145 g/mol. The van der Waals surface area contributed by atoms with Crippen LogP contribution in [0.15, 0.2) is 0 Å². The molecule has 4 nitrogen and oxygen atoms in total. The largest absolute Gasteiger partial charge is 0.450 e. The van der Waals surface area contributed by atoms with Crippen molar-refractivity contribution < 1.29 is 18.7 Å². The predicted molar refractivity (Wildman–Crippen MR) is 33.3 cm³/mol. The van der Waals surface area contributed by atoms with Gasteiger partial charge in [0.2, 0.25) is 0 Å². The molecular formula is C3H10FNO3Si. The van der Waals surface area contributed by atoms with Gasteiger partial charge in [-0.1, -0.05) is 4.53 Å². The zero-order valence-electron chi connectivity index (χ0n) is 5.39. The van der Waals surface area contributed by atoms with E-state index in [1.54, 1.807) is 6.92 Å². The summed E-state index contributed by atoms with van der Waals surface area (Å²) in [5, 5.41) is 0. The molecule has 0 unspecified atom stereocenters. The first kappa shape index (κ1) is 11.2. The lowest BCUT2D eigenvalue weighted by Gasteiger charge is -1.89. The number of amides is 1. The second kappa shape index (κ2) is 10.4. The number of hydrogen-bond acceptors (Lipinski definition) is 3. The summed E-state index contributed by atoms with van der Waals surface area (Å²) in [5.74, 6) is 0. The van der Waals surface area contributed by atoms with Crippen LogP contribution in [0.2, 0.25) is 0 Å². The van der Waals surface area contributed by atoms with Crippen LogP contribution in [0.25, 0.3) is 0 Å². The van der Waals surface area contributed by atoms with Crippen molar-refractivity contribution in [1.29, 1.82) is 0 Å². The highest BCUT2D eigenvalue weighted by molar-refractivity contribution is 5.97. The van der Waals surface area contributed by atoms with Crippen molar-refractivity contribution in [3.63, 3.8) is 0 Å². The van der Waals surface area contributed by atoms with Crippen LogP contribution >= 0.6 is 0 Å². The summed E-state index contributed by atoms with van der Waals surface area (Å²) in [6.07, 6.45) is -0.711. The fourth-order valence-electron chi connectivity index (χ4n) is 0.142. The summed E-state index contributed by atoms with van der Waals surface area (Å²) in [5.41, 5.74) is 4.54. The van der Waals surface area contributed by atoms with Gasteiger partial charge in [0.05, 0.1) is 6.61 Å². The van der Waals surface area contributed by atoms with E-state index in [2.05, 4.69) is 15.1 Å². The highest BCUT2D eigenvalue weighted by Crippen LogP contribution is 1.66. The Kier molecular flexibility index (Phi) is 12.9. The maximum Gasteiger partial charge on any atom is 0.404 e. The Morgan fingerprint density at radius 1 is 1.89 bits per heavy atom. The Morgan fingerprint density at radius 3 is 2.22 bits per heavy atom. The third-order valence-corrected chi connectivity index (χ3v) is 0.287. The molecule has 9 heavy (non-hydrogen) atoms. The molecule has 0 fully saturated rings. The van der Waals surface area contributed by atoms with Crippen LogP contribution in [0.3, 0.4) is 0 Å². The first-order valence-corrected chi connectivity index (χ1v) is 3.07. The average molecular weight is 155 g/mol. The normalized spacial score (nSPS) is 7.33. The molecule has 0 heterocycles. The molecule has 0 aromatic rings. The number of ether oxygens (including phenoxy) is 1. The minimum atomic E-state index is -0.711. The lowest BCUT2D eigenvalue weighted by Crippen LogP contribution is -2.11. The summed E-state index contributed by atoms with van der Waals surface area (Å²) in [4.78, 5) is 9.60. The topological polar surface area (TPSA) is 61.5 Å². The Hall–Kier alpha value is -0.623. The molecule has 0 aromatic carbocycles. The summed E-state index contributed by atoms with van der Waals surface area (Å²) >= 11 is 0. The van der Waals surface area contributed by atoms with Gasteiger partial charge in [0.15, 0.2) is 10.5 Å². The first-order valence-electron chi connectivity index (χ1n) is 2.26. The van der Waals surface area contributed by atoms with Gasteiger partial charge in [-0.3, -0.25) is 4.63 Å². The first-order chi connectivity index (χ1) is 4.18. The van der Waals surface area contributed by atoms with Gasteiger partial charge in [-0.15, -0.1) is 0 Å². The molecule has 0 bridgehead atoms. The predicted octanol–water partition coefficient (Wildman–Crippen LogP) is -0.730. The van der Waals surface area contributed by atoms with E-state index in [0.29, 0.717) is 6.61 Å². The number of carbonyl (C=O) groups excluding carboxylic acids is 1. The standard InChI is InChI=1S/C3H7NO2.FH3OSi/c1-2-6-3(4)5;1-2-3/h2H2,1H3,(H2,4,5);3H3. The van der Waals surface area contributed by atoms with Gasteiger partial charge in [0, 0.05) is 0 Å². The van der Waals surface area contributed by atoms with E-state index in [-0.39, 0.29) is 10.5 Å². The van der Waals surface area contributed by atoms with Crippen LogP contribution in [-0.2, 0) is 9.37 Å². The molecule has 0 radical (unpaired) electrons. The van der Waals surface area contributed by atoms with Crippen LogP contribution in [-0.4, -0.2) is 23.2 Å². The zero-order valence-corrected chi connectivity index (χ0v) is 7.39. The van der Waals surface area contributed by atoms with Crippen LogP contribution in [0.5, 0.6) is 0 Å². The Bertz CT molecular complexity index is 72.1. The van der Waals surface area contributed by atoms with Crippen molar-refractivity contribution in [2.75, 3.05) is 6.61 Å². The molecule has 0 aliphatic carbocycles. The lowest BCUT2D eigenvalue weighted by atomic mass is 10.9. The number of primary amides is 1. The van der Waals surface area contributed by atoms with E-state index in [1.807, 2.05) is 0 Å². The minimum absolute atomic E-state index is 0.202. The van der Waals surface area contributed by atoms with Crippen molar-refractivity contribution in [3.05, 3.63) is 0 Å². The molecule has 0 aliphatic rings. The smallest absolute Gasteiger partial charge is 0.404 e. The van der Waals surface area contributed by atoms with Gasteiger partial charge in [-0.2, -0.15) is 0 Å². The monoisotopic (exact) mass is 155 g/mol. The van der Waals surface area contributed by atoms with E-state index >= 15 is 0 Å². The van der Waals surface area contributed by atoms with Crippen molar-refractivity contribution >= 4 is 16.6 Å². The fraction of sp³-hybridized carbons (Fsp3) is 0.667. The molecule has 56 valence electrons. The summed E-state index contributed by atoms with van der Waals surface area (Å²) in [7, 11) is 0.202. The van der Waals surface area contributed by atoms with E-state index in [9.17, 15) is 9.32 Å². The second-order valence-corrected chi connectivity index (χ2v) is 1.21. The van der Waals surface area contributed by atoms with Crippen LogP contribution in [0, 0.1) is 0 Å². The third kappa shape index (κ3) is 37.8. The Morgan fingerprint density at radius 2 is 2.22 bits per heavy atom. The molecule has 0 spiro atoms. The molecule has 6 heteroatoms. The van der Waals surface area contributed by atoms with Crippen molar-refractivity contribution in [1.82, 2.24) is 0 Å². The quantitative estimate of drug-likeness (QED) is 0.508. The van der Waals surface area contributed by atoms with Gasteiger partial charge >= 0.3 is 6.09 Å².